The van der Waals surface area contributed by atoms with Crippen LogP contribution in [0.25, 0.3) is 0 Å². The van der Waals surface area contributed by atoms with Crippen LogP contribution in [0.5, 0.6) is 5.75 Å². The summed E-state index contributed by atoms with van der Waals surface area (Å²) >= 11 is 11.6. The van der Waals surface area contributed by atoms with Crippen molar-refractivity contribution in [2.24, 2.45) is 0 Å². The van der Waals surface area contributed by atoms with Crippen LogP contribution < -0.4 is 10.2 Å². The molecule has 0 spiro atoms. The summed E-state index contributed by atoms with van der Waals surface area (Å²) in [5.41, 5.74) is 3.22. The van der Waals surface area contributed by atoms with E-state index in [1.807, 2.05) is 43.3 Å². The van der Waals surface area contributed by atoms with Crippen molar-refractivity contribution in [3.63, 3.8) is 0 Å². The van der Waals surface area contributed by atoms with E-state index in [0.29, 0.717) is 22.9 Å². The van der Waals surface area contributed by atoms with Crippen LogP contribution in [-0.2, 0) is 6.54 Å². The molecule has 0 heterocycles. The Bertz CT molecular complexity index is 980. The summed E-state index contributed by atoms with van der Waals surface area (Å²) in [7, 11) is 0. The number of para-hydroxylation sites is 2. The number of hydrogen-bond donors (Lipinski definition) is 2. The second kappa shape index (κ2) is 8.37. The second-order valence-electron chi connectivity index (χ2n) is 6.06. The maximum Gasteiger partial charge on any atom is 0.178 e. The van der Waals surface area contributed by atoms with Crippen molar-refractivity contribution in [2.75, 3.05) is 10.2 Å². The molecule has 3 rings (SSSR count). The van der Waals surface area contributed by atoms with Gasteiger partial charge in [0.1, 0.15) is 11.6 Å². The van der Waals surface area contributed by atoms with Crippen molar-refractivity contribution in [3.8, 4) is 5.75 Å². The minimum absolute atomic E-state index is 0.00785. The fraction of sp³-hybridized carbons (Fsp3) is 0.0952. The van der Waals surface area contributed by atoms with Crippen molar-refractivity contribution in [3.05, 3.63) is 88.7 Å². The van der Waals surface area contributed by atoms with Gasteiger partial charge in [-0.2, -0.15) is 0 Å². The van der Waals surface area contributed by atoms with E-state index in [2.05, 4.69) is 5.32 Å². The van der Waals surface area contributed by atoms with Crippen molar-refractivity contribution < 1.29 is 9.50 Å². The Balaban J connectivity index is 1.96. The molecule has 0 saturated carbocycles. The molecule has 0 saturated heterocycles. The molecule has 27 heavy (non-hydrogen) atoms. The third kappa shape index (κ3) is 4.56. The van der Waals surface area contributed by atoms with E-state index >= 15 is 0 Å². The lowest BCUT2D eigenvalue weighted by atomic mass is 10.1. The SMILES string of the molecule is Cc1ccccc1NC(=S)N(Cc1ccccc1O)c1ccc(F)c(Cl)c1. The molecule has 2 N–H and O–H groups in total. The molecule has 0 aliphatic heterocycles. The predicted molar refractivity (Wildman–Crippen MR) is 113 cm³/mol. The zero-order valence-corrected chi connectivity index (χ0v) is 16.2. The fourth-order valence-corrected chi connectivity index (χ4v) is 3.10. The standard InChI is InChI=1S/C21H18ClFN2OS/c1-14-6-2-4-8-19(14)24-21(27)25(13-15-7-3-5-9-20(15)26)16-10-11-18(23)17(22)12-16/h2-12,26H,13H2,1H3,(H,24,27). The molecule has 0 radical (unpaired) electrons. The molecular formula is C21H18ClFN2OS. The minimum Gasteiger partial charge on any atom is -0.508 e. The van der Waals surface area contributed by atoms with Crippen LogP contribution in [0, 0.1) is 12.7 Å². The lowest BCUT2D eigenvalue weighted by molar-refractivity contribution is 0.468. The first-order valence-electron chi connectivity index (χ1n) is 8.32. The maximum atomic E-state index is 13.6. The van der Waals surface area contributed by atoms with Gasteiger partial charge < -0.3 is 15.3 Å². The highest BCUT2D eigenvalue weighted by Gasteiger charge is 2.17. The normalized spacial score (nSPS) is 10.5. The molecule has 3 aromatic carbocycles. The minimum atomic E-state index is -0.499. The highest BCUT2D eigenvalue weighted by Crippen LogP contribution is 2.27. The predicted octanol–water partition coefficient (Wildman–Crippen LogP) is 5.90. The van der Waals surface area contributed by atoms with E-state index in [-0.39, 0.29) is 10.8 Å². The van der Waals surface area contributed by atoms with E-state index in [1.54, 1.807) is 23.1 Å². The monoisotopic (exact) mass is 400 g/mol. The summed E-state index contributed by atoms with van der Waals surface area (Å²) in [6.07, 6.45) is 0. The number of phenolic OH excluding ortho intramolecular Hbond substituents is 1. The van der Waals surface area contributed by atoms with Gasteiger partial charge in [0.05, 0.1) is 11.6 Å². The Labute approximate surface area is 168 Å². The number of anilines is 2. The first kappa shape index (κ1) is 19.1. The van der Waals surface area contributed by atoms with Crippen LogP contribution in [0.1, 0.15) is 11.1 Å². The summed E-state index contributed by atoms with van der Waals surface area (Å²) in [6, 6.07) is 19.2. The lowest BCUT2D eigenvalue weighted by Gasteiger charge is -2.27. The van der Waals surface area contributed by atoms with Gasteiger partial charge in [-0.15, -0.1) is 0 Å². The average molecular weight is 401 g/mol. The molecule has 0 aromatic heterocycles. The molecule has 3 nitrogen and oxygen atoms in total. The smallest absolute Gasteiger partial charge is 0.178 e. The van der Waals surface area contributed by atoms with E-state index in [4.69, 9.17) is 23.8 Å². The van der Waals surface area contributed by atoms with Gasteiger partial charge in [-0.3, -0.25) is 0 Å². The van der Waals surface area contributed by atoms with Crippen molar-refractivity contribution in [2.45, 2.75) is 13.5 Å². The van der Waals surface area contributed by atoms with Gasteiger partial charge in [0.25, 0.3) is 0 Å². The third-order valence-electron chi connectivity index (χ3n) is 4.17. The first-order chi connectivity index (χ1) is 13.0. The number of nitrogens with zero attached hydrogens (tertiary/aromatic N) is 1. The van der Waals surface area contributed by atoms with Crippen LogP contribution >= 0.6 is 23.8 Å². The summed E-state index contributed by atoms with van der Waals surface area (Å²) in [5.74, 6) is -0.338. The first-order valence-corrected chi connectivity index (χ1v) is 9.10. The van der Waals surface area contributed by atoms with E-state index < -0.39 is 5.82 Å². The van der Waals surface area contributed by atoms with E-state index in [0.717, 1.165) is 11.3 Å². The number of hydrogen-bond acceptors (Lipinski definition) is 2. The van der Waals surface area contributed by atoms with Gasteiger partial charge in [-0.05, 0) is 55.0 Å². The summed E-state index contributed by atoms with van der Waals surface area (Å²) in [6.45, 7) is 2.28. The molecule has 0 aliphatic rings. The number of aryl methyl sites for hydroxylation is 1. The van der Waals surface area contributed by atoms with Crippen LogP contribution in [-0.4, -0.2) is 10.2 Å². The molecule has 0 amide bonds. The summed E-state index contributed by atoms with van der Waals surface area (Å²) < 4.78 is 13.6. The number of benzene rings is 3. The van der Waals surface area contributed by atoms with Gasteiger partial charge in [0.15, 0.2) is 5.11 Å². The largest absolute Gasteiger partial charge is 0.508 e. The van der Waals surface area contributed by atoms with Crippen molar-refractivity contribution in [1.82, 2.24) is 0 Å². The molecular weight excluding hydrogens is 383 g/mol. The number of aromatic hydroxyl groups is 1. The highest BCUT2D eigenvalue weighted by molar-refractivity contribution is 7.80. The number of nitrogens with one attached hydrogen (secondary N) is 1. The van der Waals surface area contributed by atoms with Crippen molar-refractivity contribution >= 4 is 40.3 Å². The molecule has 0 atom stereocenters. The Morgan fingerprint density at radius 3 is 2.52 bits per heavy atom. The van der Waals surface area contributed by atoms with E-state index in [9.17, 15) is 9.50 Å². The van der Waals surface area contributed by atoms with Crippen LogP contribution in [0.4, 0.5) is 15.8 Å². The number of phenols is 1. The van der Waals surface area contributed by atoms with E-state index in [1.165, 1.54) is 12.1 Å². The molecule has 3 aromatic rings. The zero-order chi connectivity index (χ0) is 19.4. The fourth-order valence-electron chi connectivity index (χ4n) is 2.64. The zero-order valence-electron chi connectivity index (χ0n) is 14.6. The molecule has 6 heteroatoms. The van der Waals surface area contributed by atoms with Gasteiger partial charge in [-0.25, -0.2) is 4.39 Å². The number of thiocarbonyl (C=S) groups is 1. The quantitative estimate of drug-likeness (QED) is 0.535. The van der Waals surface area contributed by atoms with Gasteiger partial charge in [0.2, 0.25) is 0 Å². The highest BCUT2D eigenvalue weighted by atomic mass is 35.5. The van der Waals surface area contributed by atoms with Crippen LogP contribution in [0.2, 0.25) is 5.02 Å². The summed E-state index contributed by atoms with van der Waals surface area (Å²) in [5, 5.41) is 13.8. The molecule has 138 valence electrons. The van der Waals surface area contributed by atoms with Crippen LogP contribution in [0.3, 0.4) is 0 Å². The maximum absolute atomic E-state index is 13.6. The number of halogens is 2. The van der Waals surface area contributed by atoms with Gasteiger partial charge >= 0.3 is 0 Å². The Hall–Kier alpha value is -2.63. The lowest BCUT2D eigenvalue weighted by Crippen LogP contribution is -2.34. The van der Waals surface area contributed by atoms with Gasteiger partial charge in [-0.1, -0.05) is 48.0 Å². The summed E-state index contributed by atoms with van der Waals surface area (Å²) in [4.78, 5) is 1.77. The molecule has 0 unspecified atom stereocenters. The second-order valence-corrected chi connectivity index (χ2v) is 6.85. The molecule has 0 bridgehead atoms. The molecule has 0 aliphatic carbocycles. The van der Waals surface area contributed by atoms with Gasteiger partial charge in [0, 0.05) is 16.9 Å². The molecule has 0 fully saturated rings. The van der Waals surface area contributed by atoms with Crippen molar-refractivity contribution in [1.29, 1.82) is 0 Å². The number of rotatable bonds is 4. The Kier molecular flexibility index (Phi) is 5.94. The topological polar surface area (TPSA) is 35.5 Å². The Morgan fingerprint density at radius 1 is 1.11 bits per heavy atom. The van der Waals surface area contributed by atoms with Crippen LogP contribution in [0.15, 0.2) is 66.7 Å². The Morgan fingerprint density at radius 2 is 1.81 bits per heavy atom. The average Bonchev–Trinajstić information content (AvgIpc) is 2.65. The third-order valence-corrected chi connectivity index (χ3v) is 4.78.